The van der Waals surface area contributed by atoms with E-state index in [0.717, 1.165) is 0 Å². The first-order valence-electron chi connectivity index (χ1n) is 4.69. The van der Waals surface area contributed by atoms with Crippen molar-refractivity contribution in [1.82, 2.24) is 0 Å². The van der Waals surface area contributed by atoms with Gasteiger partial charge in [-0.05, 0) is 13.8 Å². The maximum Gasteiger partial charge on any atom is 0.309 e. The Bertz CT molecular complexity index is 185. The van der Waals surface area contributed by atoms with Crippen molar-refractivity contribution in [2.45, 2.75) is 46.6 Å². The summed E-state index contributed by atoms with van der Waals surface area (Å²) in [5, 5.41) is 0. The molecule has 0 aliphatic carbocycles. The summed E-state index contributed by atoms with van der Waals surface area (Å²) in [4.78, 5) is 22.2. The molecule has 0 aromatic heterocycles. The van der Waals surface area contributed by atoms with E-state index in [1.807, 2.05) is 0 Å². The third kappa shape index (κ3) is 5.39. The average molecular weight is 186 g/mol. The molecule has 0 fully saturated rings. The highest BCUT2D eigenvalue weighted by atomic mass is 16.5. The van der Waals surface area contributed by atoms with Gasteiger partial charge in [0.1, 0.15) is 5.78 Å². The molecule has 3 heteroatoms. The van der Waals surface area contributed by atoms with Crippen LogP contribution in [0, 0.1) is 5.92 Å². The van der Waals surface area contributed by atoms with Crippen LogP contribution in [0.2, 0.25) is 0 Å². The Labute approximate surface area is 79.5 Å². The molecule has 0 heterocycles. The molecule has 0 amide bonds. The molecule has 0 spiro atoms. The minimum Gasteiger partial charge on any atom is -0.463 e. The second-order valence-corrected chi connectivity index (χ2v) is 3.48. The molecule has 0 rings (SSSR count). The lowest BCUT2D eigenvalue weighted by molar-refractivity contribution is -0.153. The topological polar surface area (TPSA) is 43.4 Å². The lowest BCUT2D eigenvalue weighted by atomic mass is 10.0. The zero-order valence-corrected chi connectivity index (χ0v) is 8.79. The Morgan fingerprint density at radius 3 is 2.15 bits per heavy atom. The standard InChI is InChI=1S/C10H18O3/c1-5-9(11)6-8(4)10(12)13-7(2)3/h7-8H,5-6H2,1-4H3. The summed E-state index contributed by atoms with van der Waals surface area (Å²) in [5.41, 5.74) is 0. The van der Waals surface area contributed by atoms with Crippen LogP contribution in [0.3, 0.4) is 0 Å². The van der Waals surface area contributed by atoms with E-state index in [0.29, 0.717) is 12.8 Å². The van der Waals surface area contributed by atoms with Gasteiger partial charge in [0.25, 0.3) is 0 Å². The Morgan fingerprint density at radius 1 is 1.23 bits per heavy atom. The molecule has 13 heavy (non-hydrogen) atoms. The maximum absolute atomic E-state index is 11.2. The fourth-order valence-electron chi connectivity index (χ4n) is 0.918. The molecule has 1 atom stereocenters. The number of ketones is 1. The number of carbonyl (C=O) groups is 2. The van der Waals surface area contributed by atoms with Crippen LogP contribution in [0.5, 0.6) is 0 Å². The van der Waals surface area contributed by atoms with E-state index >= 15 is 0 Å². The van der Waals surface area contributed by atoms with Gasteiger partial charge in [0.05, 0.1) is 12.0 Å². The molecule has 0 aliphatic heterocycles. The van der Waals surface area contributed by atoms with Gasteiger partial charge in [-0.25, -0.2) is 0 Å². The lowest BCUT2D eigenvalue weighted by Gasteiger charge is -2.12. The van der Waals surface area contributed by atoms with Crippen molar-refractivity contribution < 1.29 is 14.3 Å². The molecule has 3 nitrogen and oxygen atoms in total. The van der Waals surface area contributed by atoms with E-state index in [1.54, 1.807) is 27.7 Å². The highest BCUT2D eigenvalue weighted by Crippen LogP contribution is 2.08. The van der Waals surface area contributed by atoms with Crippen molar-refractivity contribution >= 4 is 11.8 Å². The summed E-state index contributed by atoms with van der Waals surface area (Å²) < 4.78 is 4.97. The highest BCUT2D eigenvalue weighted by molar-refractivity contribution is 5.84. The van der Waals surface area contributed by atoms with Gasteiger partial charge in [0.15, 0.2) is 0 Å². The van der Waals surface area contributed by atoms with Crippen molar-refractivity contribution in [2.24, 2.45) is 5.92 Å². The van der Waals surface area contributed by atoms with E-state index in [2.05, 4.69) is 0 Å². The van der Waals surface area contributed by atoms with Gasteiger partial charge < -0.3 is 4.74 Å². The quantitative estimate of drug-likeness (QED) is 0.616. The van der Waals surface area contributed by atoms with Crippen LogP contribution in [0.4, 0.5) is 0 Å². The zero-order valence-electron chi connectivity index (χ0n) is 8.79. The van der Waals surface area contributed by atoms with E-state index in [-0.39, 0.29) is 23.8 Å². The van der Waals surface area contributed by atoms with Gasteiger partial charge in [-0.1, -0.05) is 13.8 Å². The molecular formula is C10H18O3. The maximum atomic E-state index is 11.2. The molecule has 0 N–H and O–H groups in total. The molecule has 0 saturated carbocycles. The van der Waals surface area contributed by atoms with Crippen molar-refractivity contribution in [3.63, 3.8) is 0 Å². The van der Waals surface area contributed by atoms with Crippen LogP contribution in [0.1, 0.15) is 40.5 Å². The van der Waals surface area contributed by atoms with Gasteiger partial charge in [-0.3, -0.25) is 9.59 Å². The van der Waals surface area contributed by atoms with Gasteiger partial charge in [-0.2, -0.15) is 0 Å². The summed E-state index contributed by atoms with van der Waals surface area (Å²) in [7, 11) is 0. The number of hydrogen-bond donors (Lipinski definition) is 0. The summed E-state index contributed by atoms with van der Waals surface area (Å²) in [6, 6.07) is 0. The Balaban J connectivity index is 3.89. The fourth-order valence-corrected chi connectivity index (χ4v) is 0.918. The summed E-state index contributed by atoms with van der Waals surface area (Å²) in [6.07, 6.45) is 0.674. The van der Waals surface area contributed by atoms with Gasteiger partial charge >= 0.3 is 5.97 Å². The third-order valence-corrected chi connectivity index (χ3v) is 1.68. The van der Waals surface area contributed by atoms with E-state index < -0.39 is 0 Å². The Hall–Kier alpha value is -0.860. The lowest BCUT2D eigenvalue weighted by Crippen LogP contribution is -2.21. The molecule has 1 unspecified atom stereocenters. The smallest absolute Gasteiger partial charge is 0.309 e. The normalized spacial score (nSPS) is 12.7. The molecule has 0 aromatic rings. The summed E-state index contributed by atoms with van der Waals surface area (Å²) >= 11 is 0. The summed E-state index contributed by atoms with van der Waals surface area (Å²) in [6.45, 7) is 7.11. The van der Waals surface area contributed by atoms with Crippen LogP contribution in [-0.4, -0.2) is 17.9 Å². The van der Waals surface area contributed by atoms with Crippen molar-refractivity contribution in [2.75, 3.05) is 0 Å². The first-order valence-corrected chi connectivity index (χ1v) is 4.69. The molecular weight excluding hydrogens is 168 g/mol. The first kappa shape index (κ1) is 12.1. The minimum atomic E-state index is -0.310. The van der Waals surface area contributed by atoms with Crippen LogP contribution < -0.4 is 0 Å². The van der Waals surface area contributed by atoms with E-state index in [9.17, 15) is 9.59 Å². The molecule has 0 aromatic carbocycles. The molecule has 0 bridgehead atoms. The van der Waals surface area contributed by atoms with E-state index in [4.69, 9.17) is 4.74 Å². The van der Waals surface area contributed by atoms with Crippen molar-refractivity contribution in [3.8, 4) is 0 Å². The number of hydrogen-bond acceptors (Lipinski definition) is 3. The van der Waals surface area contributed by atoms with Gasteiger partial charge in [0, 0.05) is 12.8 Å². The zero-order chi connectivity index (χ0) is 10.4. The second-order valence-electron chi connectivity index (χ2n) is 3.48. The van der Waals surface area contributed by atoms with Gasteiger partial charge in [0.2, 0.25) is 0 Å². The number of carbonyl (C=O) groups excluding carboxylic acids is 2. The second kappa shape index (κ2) is 5.73. The molecule has 0 radical (unpaired) electrons. The van der Waals surface area contributed by atoms with Gasteiger partial charge in [-0.15, -0.1) is 0 Å². The number of rotatable bonds is 5. The average Bonchev–Trinajstić information content (AvgIpc) is 2.02. The Morgan fingerprint density at radius 2 is 1.77 bits per heavy atom. The monoisotopic (exact) mass is 186 g/mol. The van der Waals surface area contributed by atoms with Crippen molar-refractivity contribution in [1.29, 1.82) is 0 Å². The van der Waals surface area contributed by atoms with Crippen molar-refractivity contribution in [3.05, 3.63) is 0 Å². The number of Topliss-reactive ketones (excluding diaryl/α,β-unsaturated/α-hetero) is 1. The third-order valence-electron chi connectivity index (χ3n) is 1.68. The van der Waals surface area contributed by atoms with Crippen LogP contribution in [-0.2, 0) is 14.3 Å². The molecule has 76 valence electrons. The highest BCUT2D eigenvalue weighted by Gasteiger charge is 2.18. The van der Waals surface area contributed by atoms with Crippen LogP contribution in [0.25, 0.3) is 0 Å². The fraction of sp³-hybridized carbons (Fsp3) is 0.800. The number of esters is 1. The molecule has 0 aliphatic rings. The summed E-state index contributed by atoms with van der Waals surface area (Å²) in [5.74, 6) is -0.486. The largest absolute Gasteiger partial charge is 0.463 e. The number of ether oxygens (including phenoxy) is 1. The van der Waals surface area contributed by atoms with Crippen LogP contribution in [0.15, 0.2) is 0 Å². The predicted octanol–water partition coefficient (Wildman–Crippen LogP) is 1.94. The van der Waals surface area contributed by atoms with E-state index in [1.165, 1.54) is 0 Å². The minimum absolute atomic E-state index is 0.105. The Kier molecular flexibility index (Phi) is 5.35. The molecule has 0 saturated heterocycles. The predicted molar refractivity (Wildman–Crippen MR) is 50.3 cm³/mol. The first-order chi connectivity index (χ1) is 5.97. The SMILES string of the molecule is CCC(=O)CC(C)C(=O)OC(C)C. The van der Waals surface area contributed by atoms with Crippen LogP contribution >= 0.6 is 0 Å².